The quantitative estimate of drug-likeness (QED) is 0.317. The largest absolute Gasteiger partial charge is 0.462 e. The summed E-state index contributed by atoms with van der Waals surface area (Å²) in [7, 11) is 0. The van der Waals surface area contributed by atoms with E-state index in [1.807, 2.05) is 0 Å². The molecular formula is C32H52O4. The molecule has 0 aromatic carbocycles. The van der Waals surface area contributed by atoms with E-state index in [2.05, 4.69) is 61.5 Å². The first-order chi connectivity index (χ1) is 16.5. The Morgan fingerprint density at radius 3 is 2.28 bits per heavy atom. The first kappa shape index (κ1) is 26.7. The molecular weight excluding hydrogens is 448 g/mol. The SMILES string of the molecule is CC(=O)O[C@@H]1C[C@@H](O)[C@]2(C)[C@H]3[C@H](O)C=C4[C@@H]5[C@@H](C)[C@H](C)CC[C@]5(C)CC[C@@]4(C)[C@]3(C)CC[C@H]2C1(C)C. The Bertz CT molecular complexity index is 954. The summed E-state index contributed by atoms with van der Waals surface area (Å²) >= 11 is 0. The summed E-state index contributed by atoms with van der Waals surface area (Å²) in [5, 5.41) is 23.9. The van der Waals surface area contributed by atoms with Crippen molar-refractivity contribution in [3.63, 3.8) is 0 Å². The van der Waals surface area contributed by atoms with E-state index in [9.17, 15) is 15.0 Å². The normalized spacial score (nSPS) is 55.8. The van der Waals surface area contributed by atoms with Crippen LogP contribution in [-0.2, 0) is 9.53 Å². The predicted octanol–water partition coefficient (Wildman–Crippen LogP) is 6.54. The second-order valence-corrected chi connectivity index (χ2v) is 15.5. The molecule has 36 heavy (non-hydrogen) atoms. The van der Waals surface area contributed by atoms with Crippen molar-refractivity contribution in [1.82, 2.24) is 0 Å². The van der Waals surface area contributed by atoms with Crippen LogP contribution in [0.25, 0.3) is 0 Å². The Morgan fingerprint density at radius 2 is 1.64 bits per heavy atom. The lowest BCUT2D eigenvalue weighted by atomic mass is 9.32. The van der Waals surface area contributed by atoms with Crippen molar-refractivity contribution in [2.45, 2.75) is 126 Å². The summed E-state index contributed by atoms with van der Waals surface area (Å²) in [6.07, 6.45) is 8.32. The van der Waals surface area contributed by atoms with Crippen LogP contribution in [0.5, 0.6) is 0 Å². The molecule has 204 valence electrons. The molecule has 0 spiro atoms. The zero-order valence-corrected chi connectivity index (χ0v) is 24.4. The Hall–Kier alpha value is -0.870. The maximum atomic E-state index is 12.1. The summed E-state index contributed by atoms with van der Waals surface area (Å²) < 4.78 is 5.78. The van der Waals surface area contributed by atoms with Crippen molar-refractivity contribution in [2.75, 3.05) is 0 Å². The van der Waals surface area contributed by atoms with E-state index in [4.69, 9.17) is 4.74 Å². The number of allylic oxidation sites excluding steroid dienone is 1. The maximum absolute atomic E-state index is 12.1. The van der Waals surface area contributed by atoms with E-state index in [1.54, 1.807) is 0 Å². The third-order valence-electron chi connectivity index (χ3n) is 13.7. The molecule has 0 heterocycles. The van der Waals surface area contributed by atoms with Crippen LogP contribution < -0.4 is 0 Å². The zero-order valence-electron chi connectivity index (χ0n) is 24.4. The minimum atomic E-state index is -0.611. The van der Waals surface area contributed by atoms with Crippen LogP contribution in [0, 0.1) is 56.7 Å². The van der Waals surface area contributed by atoms with Gasteiger partial charge in [0.2, 0.25) is 0 Å². The van der Waals surface area contributed by atoms with Gasteiger partial charge in [-0.15, -0.1) is 0 Å². The topological polar surface area (TPSA) is 66.8 Å². The molecule has 4 nitrogen and oxygen atoms in total. The highest BCUT2D eigenvalue weighted by atomic mass is 16.5. The third-order valence-corrected chi connectivity index (χ3v) is 13.7. The number of fused-ring (bicyclic) bond motifs is 7. The van der Waals surface area contributed by atoms with Gasteiger partial charge in [0.25, 0.3) is 0 Å². The van der Waals surface area contributed by atoms with E-state index in [0.29, 0.717) is 29.6 Å². The molecule has 0 saturated heterocycles. The van der Waals surface area contributed by atoms with Crippen molar-refractivity contribution in [3.05, 3.63) is 11.6 Å². The van der Waals surface area contributed by atoms with Crippen LogP contribution in [0.2, 0.25) is 0 Å². The Kier molecular flexibility index (Phi) is 5.99. The maximum Gasteiger partial charge on any atom is 0.302 e. The average Bonchev–Trinajstić information content (AvgIpc) is 2.76. The van der Waals surface area contributed by atoms with Crippen LogP contribution in [0.1, 0.15) is 107 Å². The Morgan fingerprint density at radius 1 is 0.972 bits per heavy atom. The smallest absolute Gasteiger partial charge is 0.302 e. The Labute approximate surface area is 219 Å². The van der Waals surface area contributed by atoms with Gasteiger partial charge in [-0.3, -0.25) is 4.79 Å². The monoisotopic (exact) mass is 500 g/mol. The van der Waals surface area contributed by atoms with E-state index in [1.165, 1.54) is 38.2 Å². The van der Waals surface area contributed by atoms with Gasteiger partial charge in [-0.1, -0.05) is 67.0 Å². The first-order valence-electron chi connectivity index (χ1n) is 14.8. The van der Waals surface area contributed by atoms with Crippen molar-refractivity contribution >= 4 is 5.97 Å². The van der Waals surface area contributed by atoms with Crippen molar-refractivity contribution in [1.29, 1.82) is 0 Å². The highest BCUT2D eigenvalue weighted by Crippen LogP contribution is 2.75. The molecule has 4 saturated carbocycles. The van der Waals surface area contributed by atoms with Gasteiger partial charge in [-0.25, -0.2) is 0 Å². The number of aliphatic hydroxyl groups excluding tert-OH is 2. The molecule has 5 aliphatic carbocycles. The lowest BCUT2D eigenvalue weighted by molar-refractivity contribution is -0.263. The van der Waals surface area contributed by atoms with Crippen molar-refractivity contribution in [2.24, 2.45) is 56.7 Å². The number of rotatable bonds is 1. The van der Waals surface area contributed by atoms with E-state index in [0.717, 1.165) is 12.8 Å². The lowest BCUT2D eigenvalue weighted by Gasteiger charge is -2.72. The molecule has 0 unspecified atom stereocenters. The fourth-order valence-electron chi connectivity index (χ4n) is 11.3. The number of hydrogen-bond acceptors (Lipinski definition) is 4. The number of carbonyl (C=O) groups excluding carboxylic acids is 1. The van der Waals surface area contributed by atoms with Crippen LogP contribution >= 0.6 is 0 Å². The van der Waals surface area contributed by atoms with Crippen LogP contribution in [0.15, 0.2) is 11.6 Å². The highest BCUT2D eigenvalue weighted by molar-refractivity contribution is 5.66. The van der Waals surface area contributed by atoms with Gasteiger partial charge in [0.1, 0.15) is 6.10 Å². The van der Waals surface area contributed by atoms with Crippen LogP contribution in [-0.4, -0.2) is 34.5 Å². The fourth-order valence-corrected chi connectivity index (χ4v) is 11.3. The molecule has 0 aliphatic heterocycles. The highest BCUT2D eigenvalue weighted by Gasteiger charge is 2.72. The van der Waals surface area contributed by atoms with Gasteiger partial charge in [-0.2, -0.15) is 0 Å². The van der Waals surface area contributed by atoms with Gasteiger partial charge in [0, 0.05) is 30.1 Å². The standard InChI is InChI=1S/C32H52O4/c1-18-10-12-29(6)14-15-30(7)21(26(29)19(18)2)16-22(34)27-31(30,8)13-11-23-28(4,5)25(36-20(3)33)17-24(35)32(23,27)9/h16,18-19,22-27,34-35H,10-15,17H2,1-9H3/t18-,19+,22-,23+,24-,25-,26+,27+,29-,30-,31-,32-/m1/s1. The minimum Gasteiger partial charge on any atom is -0.462 e. The molecule has 4 heteroatoms. The molecule has 0 amide bonds. The third kappa shape index (κ3) is 3.22. The second kappa shape index (κ2) is 8.07. The molecule has 0 aromatic heterocycles. The van der Waals surface area contributed by atoms with Crippen LogP contribution in [0.4, 0.5) is 0 Å². The lowest BCUT2D eigenvalue weighted by Crippen LogP contribution is -2.71. The van der Waals surface area contributed by atoms with Gasteiger partial charge in [-0.05, 0) is 78.4 Å². The number of aliphatic hydroxyl groups is 2. The summed E-state index contributed by atoms with van der Waals surface area (Å²) in [4.78, 5) is 11.9. The van der Waals surface area contributed by atoms with Crippen molar-refractivity contribution in [3.8, 4) is 0 Å². The van der Waals surface area contributed by atoms with Crippen molar-refractivity contribution < 1.29 is 19.7 Å². The molecule has 0 aromatic rings. The molecule has 2 N–H and O–H groups in total. The van der Waals surface area contributed by atoms with Crippen LogP contribution in [0.3, 0.4) is 0 Å². The zero-order chi connectivity index (χ0) is 26.6. The summed E-state index contributed by atoms with van der Waals surface area (Å²) in [5.41, 5.74) is 1.09. The first-order valence-corrected chi connectivity index (χ1v) is 14.8. The van der Waals surface area contributed by atoms with Gasteiger partial charge >= 0.3 is 5.97 Å². The molecule has 0 radical (unpaired) electrons. The van der Waals surface area contributed by atoms with E-state index < -0.39 is 17.6 Å². The second-order valence-electron chi connectivity index (χ2n) is 15.5. The van der Waals surface area contributed by atoms with Gasteiger partial charge in [0.15, 0.2) is 0 Å². The number of esters is 1. The van der Waals surface area contributed by atoms with Gasteiger partial charge in [0.05, 0.1) is 12.2 Å². The average molecular weight is 501 g/mol. The summed E-state index contributed by atoms with van der Waals surface area (Å²) in [6.45, 7) is 20.5. The Balaban J connectivity index is 1.62. The summed E-state index contributed by atoms with van der Waals surface area (Å²) in [5.74, 6) is 1.74. The van der Waals surface area contributed by atoms with E-state index in [-0.39, 0.29) is 40.2 Å². The number of hydrogen-bond donors (Lipinski definition) is 2. The molecule has 4 fully saturated rings. The molecule has 12 atom stereocenters. The predicted molar refractivity (Wildman–Crippen MR) is 143 cm³/mol. The number of ether oxygens (including phenoxy) is 1. The molecule has 0 bridgehead atoms. The number of carbonyl (C=O) groups is 1. The van der Waals surface area contributed by atoms with E-state index >= 15 is 0 Å². The van der Waals surface area contributed by atoms with Gasteiger partial charge < -0.3 is 14.9 Å². The summed E-state index contributed by atoms with van der Waals surface area (Å²) in [6, 6.07) is 0. The minimum absolute atomic E-state index is 0.0225. The molecule has 5 rings (SSSR count). The molecule has 5 aliphatic rings. The fraction of sp³-hybridized carbons (Fsp3) is 0.906.